The first-order valence-electron chi connectivity index (χ1n) is 34.9. The fourth-order valence-electron chi connectivity index (χ4n) is 8.91. The highest BCUT2D eigenvalue weighted by Gasteiger charge is 2.27. The van der Waals surface area contributed by atoms with Gasteiger partial charge in [-0.1, -0.05) is 280 Å². The van der Waals surface area contributed by atoms with E-state index in [4.69, 9.17) is 18.5 Å². The predicted molar refractivity (Wildman–Crippen MR) is 380 cm³/mol. The molecule has 9 nitrogen and oxygen atoms in total. The summed E-state index contributed by atoms with van der Waals surface area (Å²) in [7, 11) is 1.43. The van der Waals surface area contributed by atoms with E-state index in [1.807, 2.05) is 21.1 Å². The van der Waals surface area contributed by atoms with Crippen molar-refractivity contribution in [3.8, 4) is 0 Å². The summed E-state index contributed by atoms with van der Waals surface area (Å²) in [5, 5.41) is 0. The molecule has 1 N–H and O–H groups in total. The number of rotatable bonds is 62. The lowest BCUT2D eigenvalue weighted by Gasteiger charge is -2.24. The van der Waals surface area contributed by atoms with Crippen LogP contribution in [0.3, 0.4) is 0 Å². The fourth-order valence-corrected chi connectivity index (χ4v) is 9.65. The molecule has 2 atom stereocenters. The van der Waals surface area contributed by atoms with Gasteiger partial charge >= 0.3 is 19.8 Å². The molecule has 0 spiro atoms. The topological polar surface area (TPSA) is 108 Å². The molecule has 0 fully saturated rings. The minimum Gasteiger partial charge on any atom is -0.462 e. The first-order valence-corrected chi connectivity index (χ1v) is 36.4. The highest BCUT2D eigenvalue weighted by Crippen LogP contribution is 2.43. The maximum absolute atomic E-state index is 12.9. The lowest BCUT2D eigenvalue weighted by molar-refractivity contribution is -0.870. The minimum absolute atomic E-state index is 0.0143. The number of esters is 2. The summed E-state index contributed by atoms with van der Waals surface area (Å²) in [5.74, 6) is -0.858. The van der Waals surface area contributed by atoms with Crippen molar-refractivity contribution >= 4 is 19.8 Å². The number of carbonyl (C=O) groups excluding carboxylic acids is 2. The molecule has 0 radical (unpaired) electrons. The Balaban J connectivity index is 4.22. The van der Waals surface area contributed by atoms with E-state index >= 15 is 0 Å². The zero-order chi connectivity index (χ0) is 64.1. The van der Waals surface area contributed by atoms with Crippen LogP contribution in [0.15, 0.2) is 170 Å². The lowest BCUT2D eigenvalue weighted by Crippen LogP contribution is -2.37. The average Bonchev–Trinajstić information content (AvgIpc) is 3.68. The third-order valence-corrected chi connectivity index (χ3v) is 15.2. The van der Waals surface area contributed by atoms with Crippen LogP contribution < -0.4 is 0 Å². The van der Waals surface area contributed by atoms with Crippen LogP contribution in [0.25, 0.3) is 0 Å². The molecule has 0 aliphatic heterocycles. The van der Waals surface area contributed by atoms with E-state index < -0.39 is 26.5 Å². The Morgan fingerprint density at radius 1 is 0.364 bits per heavy atom. The second-order valence-electron chi connectivity index (χ2n) is 23.8. The number of phosphoric ester groups is 1. The van der Waals surface area contributed by atoms with Crippen molar-refractivity contribution in [1.29, 1.82) is 0 Å². The third-order valence-electron chi connectivity index (χ3n) is 14.2. The second kappa shape index (κ2) is 66.8. The number of nitrogens with zero attached hydrogens (tertiary/aromatic N) is 1. The Morgan fingerprint density at radius 3 is 0.989 bits per heavy atom. The smallest absolute Gasteiger partial charge is 0.462 e. The molecular formula is C78H129NO8P+. The number of likely N-dealkylation sites (N-methyl/N-ethyl adjacent to an activating group) is 1. The molecule has 0 aromatic carbocycles. The largest absolute Gasteiger partial charge is 0.472 e. The summed E-state index contributed by atoms with van der Waals surface area (Å²) < 4.78 is 34.6. The summed E-state index contributed by atoms with van der Waals surface area (Å²) in [5.41, 5.74) is 0. The molecule has 0 saturated carbocycles. The van der Waals surface area contributed by atoms with Crippen LogP contribution in [0.1, 0.15) is 258 Å². The SMILES string of the molecule is CC/C=C\C/C=C\C/C=C\C/C=C\C/C=C\C/C=C\C/C=C\C/C=C\C/C=C\C/C=C\C/C=C\C/C=C\CCCCC(=O)OC(COC(=O)CCCCCCCCCCCCCCC/C=C\C/C=C\CCCCCCC)COP(=O)(O)OCC[N+](C)(C)C. The van der Waals surface area contributed by atoms with E-state index in [1.165, 1.54) is 109 Å². The zero-order valence-corrected chi connectivity index (χ0v) is 57.5. The standard InChI is InChI=1S/C78H128NO8P/c1-6-8-10-12-14-16-18-20-22-24-26-28-30-32-33-34-35-36-37-38-39-40-41-42-43-44-45-47-49-51-53-55-57-59-61-63-65-67-69-71-78(81)87-76(75-86-88(82,83)85-73-72-79(3,4)5)74-84-77(80)70-68-66-64-62-60-58-56-54-52-50-48-46-31-29-27-25-23-21-19-17-15-13-11-9-7-2/h8,10,14,16,19-22,25-28,32-33,35-36,38-39,41-42,44-45,49,51,55,57,61,63,76H,6-7,9,11-13,15,17-18,23-24,29-31,34,37,40,43,46-48,50,52-54,56,58-60,62,64-75H2,1-5H3/p+1/b10-8-,16-14-,21-19-,22-20-,27-25-,28-26-,33-32-,36-35-,39-38-,42-41-,45-44-,51-49-,57-55-,63-61-. The maximum Gasteiger partial charge on any atom is 0.472 e. The van der Waals surface area contributed by atoms with Crippen molar-refractivity contribution in [2.45, 2.75) is 264 Å². The minimum atomic E-state index is -4.42. The highest BCUT2D eigenvalue weighted by molar-refractivity contribution is 7.47. The highest BCUT2D eigenvalue weighted by atomic mass is 31.2. The maximum atomic E-state index is 12.9. The van der Waals surface area contributed by atoms with Gasteiger partial charge in [-0.25, -0.2) is 4.57 Å². The second-order valence-corrected chi connectivity index (χ2v) is 25.3. The first-order chi connectivity index (χ1) is 43.0. The Bertz CT molecular complexity index is 2090. The first kappa shape index (κ1) is 83.4. The van der Waals surface area contributed by atoms with Crippen LogP contribution in [-0.4, -0.2) is 74.9 Å². The Morgan fingerprint density at radius 2 is 0.648 bits per heavy atom. The van der Waals surface area contributed by atoms with Gasteiger partial charge in [-0.2, -0.15) is 0 Å². The fraction of sp³-hybridized carbons (Fsp3) is 0.615. The summed E-state index contributed by atoms with van der Waals surface area (Å²) >= 11 is 0. The number of hydrogen-bond acceptors (Lipinski definition) is 7. The number of carbonyl (C=O) groups is 2. The molecule has 0 aromatic rings. The molecule has 0 aromatic heterocycles. The van der Waals surface area contributed by atoms with Gasteiger partial charge in [0, 0.05) is 12.8 Å². The molecule has 0 bridgehead atoms. The van der Waals surface area contributed by atoms with E-state index in [0.717, 1.165) is 116 Å². The number of phosphoric acid groups is 1. The summed E-state index contributed by atoms with van der Waals surface area (Å²) in [4.78, 5) is 35.8. The van der Waals surface area contributed by atoms with E-state index in [2.05, 4.69) is 184 Å². The van der Waals surface area contributed by atoms with Crippen molar-refractivity contribution in [2.75, 3.05) is 47.5 Å². The zero-order valence-electron chi connectivity index (χ0n) is 56.6. The molecule has 88 heavy (non-hydrogen) atoms. The number of allylic oxidation sites excluding steroid dienone is 28. The molecule has 498 valence electrons. The Hall–Kier alpha value is -4.63. The van der Waals surface area contributed by atoms with Crippen molar-refractivity contribution < 1.29 is 42.1 Å². The lowest BCUT2D eigenvalue weighted by atomic mass is 10.0. The summed E-state index contributed by atoms with van der Waals surface area (Å²) in [6.45, 7) is 4.25. The van der Waals surface area contributed by atoms with Gasteiger partial charge in [0.2, 0.25) is 0 Å². The van der Waals surface area contributed by atoms with Crippen LogP contribution in [0.2, 0.25) is 0 Å². The van der Waals surface area contributed by atoms with Crippen molar-refractivity contribution in [1.82, 2.24) is 0 Å². The van der Waals surface area contributed by atoms with Gasteiger partial charge in [0.25, 0.3) is 0 Å². The average molecular weight is 1240 g/mol. The van der Waals surface area contributed by atoms with E-state index in [0.29, 0.717) is 17.4 Å². The van der Waals surface area contributed by atoms with Gasteiger partial charge in [-0.05, 0) is 135 Å². The van der Waals surface area contributed by atoms with E-state index in [9.17, 15) is 19.0 Å². The molecular weight excluding hydrogens is 1110 g/mol. The van der Waals surface area contributed by atoms with Gasteiger partial charge in [0.1, 0.15) is 19.8 Å². The normalized spacial score (nSPS) is 14.2. The van der Waals surface area contributed by atoms with E-state index in [1.54, 1.807) is 0 Å². The molecule has 0 amide bonds. The van der Waals surface area contributed by atoms with Crippen molar-refractivity contribution in [3.05, 3.63) is 170 Å². The Kier molecular flexibility index (Phi) is 63.3. The Labute approximate surface area is 540 Å². The molecule has 0 rings (SSSR count). The molecule has 2 unspecified atom stereocenters. The van der Waals surface area contributed by atoms with Gasteiger partial charge in [0.05, 0.1) is 27.7 Å². The van der Waals surface area contributed by atoms with E-state index in [-0.39, 0.29) is 32.0 Å². The molecule has 0 aliphatic carbocycles. The predicted octanol–water partition coefficient (Wildman–Crippen LogP) is 22.9. The number of unbranched alkanes of at least 4 members (excludes halogenated alkanes) is 20. The quantitative estimate of drug-likeness (QED) is 0.0211. The van der Waals surface area contributed by atoms with Crippen LogP contribution in [0.5, 0.6) is 0 Å². The van der Waals surface area contributed by atoms with Crippen LogP contribution in [-0.2, 0) is 32.7 Å². The van der Waals surface area contributed by atoms with Crippen molar-refractivity contribution in [2.24, 2.45) is 0 Å². The summed E-state index contributed by atoms with van der Waals surface area (Å²) in [6.07, 6.45) is 102. The van der Waals surface area contributed by atoms with Crippen LogP contribution in [0.4, 0.5) is 0 Å². The van der Waals surface area contributed by atoms with Gasteiger partial charge in [-0.15, -0.1) is 0 Å². The molecule has 10 heteroatoms. The molecule has 0 heterocycles. The summed E-state index contributed by atoms with van der Waals surface area (Å²) in [6, 6.07) is 0. The number of quaternary nitrogens is 1. The molecule has 0 aliphatic rings. The molecule has 0 saturated heterocycles. The van der Waals surface area contributed by atoms with Gasteiger partial charge in [0.15, 0.2) is 6.10 Å². The van der Waals surface area contributed by atoms with Gasteiger partial charge < -0.3 is 18.9 Å². The van der Waals surface area contributed by atoms with Crippen LogP contribution in [0, 0.1) is 0 Å². The monoisotopic (exact) mass is 1240 g/mol. The number of hydrogen-bond donors (Lipinski definition) is 1. The van der Waals surface area contributed by atoms with Crippen molar-refractivity contribution in [3.63, 3.8) is 0 Å². The van der Waals surface area contributed by atoms with Gasteiger partial charge in [-0.3, -0.25) is 18.6 Å². The number of ether oxygens (including phenoxy) is 2. The van der Waals surface area contributed by atoms with Crippen LogP contribution >= 0.6 is 7.82 Å². The third kappa shape index (κ3) is 70.5.